The second kappa shape index (κ2) is 5.63. The Bertz CT molecular complexity index is 127. The maximum Gasteiger partial charge on any atom is 0.178 e. The van der Waals surface area contributed by atoms with Crippen molar-refractivity contribution in [3.63, 3.8) is 0 Å². The lowest BCUT2D eigenvalue weighted by atomic mass is 10.4. The van der Waals surface area contributed by atoms with Crippen molar-refractivity contribution in [1.82, 2.24) is 0 Å². The molecule has 0 aliphatic rings. The highest BCUT2D eigenvalue weighted by Crippen LogP contribution is 1.99. The van der Waals surface area contributed by atoms with Crippen LogP contribution in [0.25, 0.3) is 0 Å². The van der Waals surface area contributed by atoms with Crippen molar-refractivity contribution in [1.29, 1.82) is 0 Å². The molecule has 50 valence electrons. The highest BCUT2D eigenvalue weighted by Gasteiger charge is 1.82. The molecule has 1 nitrogen and oxygen atoms in total. The molecule has 0 spiro atoms. The Morgan fingerprint density at radius 3 is 2.89 bits per heavy atom. The number of carbonyl (C=O) groups excluding carboxylic acids is 1. The van der Waals surface area contributed by atoms with Gasteiger partial charge < -0.3 is 0 Å². The first kappa shape index (κ1) is 8.50. The van der Waals surface area contributed by atoms with Gasteiger partial charge in [-0.1, -0.05) is 13.5 Å². The molecule has 0 saturated heterocycles. The number of allylic oxidation sites excluding steroid dienone is 2. The molecular formula is C7H10OS. The van der Waals surface area contributed by atoms with E-state index in [0.29, 0.717) is 0 Å². The van der Waals surface area contributed by atoms with E-state index in [2.05, 4.69) is 6.58 Å². The van der Waals surface area contributed by atoms with Gasteiger partial charge in [0.05, 0.1) is 0 Å². The van der Waals surface area contributed by atoms with Gasteiger partial charge >= 0.3 is 0 Å². The zero-order valence-corrected chi connectivity index (χ0v) is 6.28. The Balaban J connectivity index is 3.44. The third-order valence-corrected chi connectivity index (χ3v) is 1.36. The van der Waals surface area contributed by atoms with Crippen LogP contribution in [0.1, 0.15) is 6.92 Å². The van der Waals surface area contributed by atoms with E-state index in [1.54, 1.807) is 17.2 Å². The fourth-order valence-electron chi connectivity index (χ4n) is 0.279. The smallest absolute Gasteiger partial charge is 0.178 e. The van der Waals surface area contributed by atoms with Gasteiger partial charge in [-0.3, -0.25) is 4.79 Å². The molecule has 0 amide bonds. The molecule has 0 heterocycles. The lowest BCUT2D eigenvalue weighted by Gasteiger charge is -1.81. The number of rotatable bonds is 4. The molecule has 0 aliphatic heterocycles. The molecule has 0 radical (unpaired) electrons. The summed E-state index contributed by atoms with van der Waals surface area (Å²) in [5, 5.41) is 1.78. The molecule has 0 aromatic rings. The third-order valence-electron chi connectivity index (χ3n) is 0.696. The number of hydrogen-bond acceptors (Lipinski definition) is 2. The van der Waals surface area contributed by atoms with Gasteiger partial charge in [-0.05, 0) is 23.3 Å². The van der Waals surface area contributed by atoms with Gasteiger partial charge in [-0.2, -0.15) is 0 Å². The van der Waals surface area contributed by atoms with E-state index in [1.807, 2.05) is 6.92 Å². The van der Waals surface area contributed by atoms with E-state index in [1.165, 1.54) is 12.2 Å². The Kier molecular flexibility index (Phi) is 5.32. The fraction of sp³-hybridized carbons (Fsp3) is 0.286. The summed E-state index contributed by atoms with van der Waals surface area (Å²) in [5.74, 6) is 0.969. The fourth-order valence-corrected chi connectivity index (χ4v) is 0.702. The quantitative estimate of drug-likeness (QED) is 0.558. The van der Waals surface area contributed by atoms with Crippen LogP contribution >= 0.6 is 11.8 Å². The number of carbonyl (C=O) groups is 1. The molecule has 0 unspecified atom stereocenters. The monoisotopic (exact) mass is 142 g/mol. The van der Waals surface area contributed by atoms with Crippen molar-refractivity contribution >= 4 is 17.5 Å². The number of ketones is 1. The first-order valence-corrected chi connectivity index (χ1v) is 3.80. The van der Waals surface area contributed by atoms with Crippen LogP contribution in [-0.4, -0.2) is 11.5 Å². The van der Waals surface area contributed by atoms with Crippen LogP contribution in [-0.2, 0) is 4.79 Å². The highest BCUT2D eigenvalue weighted by atomic mass is 32.2. The van der Waals surface area contributed by atoms with Gasteiger partial charge in [0, 0.05) is 0 Å². The van der Waals surface area contributed by atoms with Crippen LogP contribution < -0.4 is 0 Å². The maximum absolute atomic E-state index is 10.5. The van der Waals surface area contributed by atoms with E-state index in [0.717, 1.165) is 5.75 Å². The lowest BCUT2D eigenvalue weighted by molar-refractivity contribution is -0.110. The highest BCUT2D eigenvalue weighted by molar-refractivity contribution is 8.02. The Morgan fingerprint density at radius 2 is 2.44 bits per heavy atom. The van der Waals surface area contributed by atoms with Crippen LogP contribution in [0, 0.1) is 0 Å². The van der Waals surface area contributed by atoms with Crippen LogP contribution in [0.2, 0.25) is 0 Å². The minimum absolute atomic E-state index is 0.0315. The van der Waals surface area contributed by atoms with Gasteiger partial charge in [-0.15, -0.1) is 11.8 Å². The predicted molar refractivity (Wildman–Crippen MR) is 42.5 cm³/mol. The zero-order valence-electron chi connectivity index (χ0n) is 5.46. The summed E-state index contributed by atoms with van der Waals surface area (Å²) in [6, 6.07) is 0. The van der Waals surface area contributed by atoms with E-state index in [-0.39, 0.29) is 5.78 Å². The van der Waals surface area contributed by atoms with Crippen molar-refractivity contribution in [3.8, 4) is 0 Å². The Hall–Kier alpha value is -0.500. The topological polar surface area (TPSA) is 17.1 Å². The number of thioether (sulfide) groups is 1. The van der Waals surface area contributed by atoms with Crippen molar-refractivity contribution in [2.45, 2.75) is 6.92 Å². The third kappa shape index (κ3) is 5.37. The molecule has 0 atom stereocenters. The first-order chi connectivity index (χ1) is 4.31. The van der Waals surface area contributed by atoms with Crippen LogP contribution in [0.3, 0.4) is 0 Å². The minimum Gasteiger partial charge on any atom is -0.290 e. The first-order valence-electron chi connectivity index (χ1n) is 2.75. The molecule has 0 aliphatic carbocycles. The lowest BCUT2D eigenvalue weighted by Crippen LogP contribution is -1.80. The van der Waals surface area contributed by atoms with Gasteiger partial charge in [0.25, 0.3) is 0 Å². The van der Waals surface area contributed by atoms with Gasteiger partial charge in [0.2, 0.25) is 0 Å². The molecule has 0 aromatic carbocycles. The van der Waals surface area contributed by atoms with Crippen molar-refractivity contribution in [3.05, 3.63) is 24.1 Å². The van der Waals surface area contributed by atoms with Crippen molar-refractivity contribution in [2.75, 3.05) is 5.75 Å². The summed E-state index contributed by atoms with van der Waals surface area (Å²) in [5.41, 5.74) is 0. The van der Waals surface area contributed by atoms with E-state index in [4.69, 9.17) is 0 Å². The van der Waals surface area contributed by atoms with E-state index >= 15 is 0 Å². The summed E-state index contributed by atoms with van der Waals surface area (Å²) in [4.78, 5) is 10.5. The van der Waals surface area contributed by atoms with Crippen molar-refractivity contribution < 1.29 is 4.79 Å². The van der Waals surface area contributed by atoms with Crippen LogP contribution in [0.15, 0.2) is 24.1 Å². The molecule has 0 rings (SSSR count). The summed E-state index contributed by atoms with van der Waals surface area (Å²) in [6.07, 6.45) is 2.81. The zero-order chi connectivity index (χ0) is 7.11. The summed E-state index contributed by atoms with van der Waals surface area (Å²) in [7, 11) is 0. The standard InChI is InChI=1S/C7H10OS/c1-3-7(8)5-6-9-4-2/h3,5-6H,1,4H2,2H3. The minimum atomic E-state index is -0.0315. The average molecular weight is 142 g/mol. The van der Waals surface area contributed by atoms with E-state index in [9.17, 15) is 4.79 Å². The molecule has 0 bridgehead atoms. The van der Waals surface area contributed by atoms with Crippen LogP contribution in [0.4, 0.5) is 0 Å². The normalized spacial score (nSPS) is 9.89. The molecule has 0 aromatic heterocycles. The molecule has 0 saturated carbocycles. The van der Waals surface area contributed by atoms with E-state index < -0.39 is 0 Å². The maximum atomic E-state index is 10.5. The summed E-state index contributed by atoms with van der Waals surface area (Å²) < 4.78 is 0. The summed E-state index contributed by atoms with van der Waals surface area (Å²) >= 11 is 1.60. The van der Waals surface area contributed by atoms with Gasteiger partial charge in [-0.25, -0.2) is 0 Å². The average Bonchev–Trinajstić information content (AvgIpc) is 1.89. The molecule has 2 heteroatoms. The summed E-state index contributed by atoms with van der Waals surface area (Å²) in [6.45, 7) is 5.36. The van der Waals surface area contributed by atoms with Crippen LogP contribution in [0.5, 0.6) is 0 Å². The number of hydrogen-bond donors (Lipinski definition) is 0. The van der Waals surface area contributed by atoms with Gasteiger partial charge in [0.1, 0.15) is 0 Å². The molecule has 0 fully saturated rings. The SMILES string of the molecule is C=CC(=O)C=CSCC. The van der Waals surface area contributed by atoms with Gasteiger partial charge in [0.15, 0.2) is 5.78 Å². The largest absolute Gasteiger partial charge is 0.290 e. The Morgan fingerprint density at radius 1 is 1.78 bits per heavy atom. The van der Waals surface area contributed by atoms with Crippen molar-refractivity contribution in [2.24, 2.45) is 0 Å². The molecule has 0 N–H and O–H groups in total. The predicted octanol–water partition coefficient (Wildman–Crippen LogP) is 2.01. The molecule has 9 heavy (non-hydrogen) atoms. The second-order valence-electron chi connectivity index (χ2n) is 1.36. The Labute approximate surface area is 59.8 Å². The molecular weight excluding hydrogens is 132 g/mol. The second-order valence-corrected chi connectivity index (χ2v) is 2.55.